The average molecular weight is 142 g/mol. The third-order valence-corrected chi connectivity index (χ3v) is 0.764. The highest BCUT2D eigenvalue weighted by Crippen LogP contribution is 2.05. The molecule has 0 aliphatic rings. The van der Waals surface area contributed by atoms with Crippen molar-refractivity contribution in [2.75, 3.05) is 0 Å². The van der Waals surface area contributed by atoms with Crippen molar-refractivity contribution >= 4 is 0 Å². The second-order valence-electron chi connectivity index (χ2n) is 1.61. The van der Waals surface area contributed by atoms with Crippen molar-refractivity contribution in [3.63, 3.8) is 0 Å². The molecule has 3 nitrogen and oxygen atoms in total. The molecule has 0 amide bonds. The Hall–Kier alpha value is -0.260. The second kappa shape index (κ2) is 3.71. The molecule has 0 aliphatic carbocycles. The van der Waals surface area contributed by atoms with Gasteiger partial charge in [-0.1, -0.05) is 0 Å². The molecule has 0 radical (unpaired) electrons. The highest BCUT2D eigenvalue weighted by atomic mass is 19.3. The molecule has 3 N–H and O–H groups in total. The summed E-state index contributed by atoms with van der Waals surface area (Å²) < 4.78 is 22.5. The summed E-state index contributed by atoms with van der Waals surface area (Å²) in [6.45, 7) is 0. The normalized spacial score (nSPS) is 15.0. The van der Waals surface area contributed by atoms with E-state index in [1.807, 2.05) is 0 Å². The molecular formula is C4H8F2O3. The maximum absolute atomic E-state index is 11.3. The third kappa shape index (κ3) is 4.26. The Morgan fingerprint density at radius 1 is 1.11 bits per heavy atom. The Kier molecular flexibility index (Phi) is 3.60. The van der Waals surface area contributed by atoms with Crippen molar-refractivity contribution in [3.8, 4) is 0 Å². The van der Waals surface area contributed by atoms with Crippen molar-refractivity contribution in [3.05, 3.63) is 0 Å². The van der Waals surface area contributed by atoms with E-state index in [1.165, 1.54) is 0 Å². The highest BCUT2D eigenvalue weighted by molar-refractivity contribution is 4.57. The van der Waals surface area contributed by atoms with E-state index in [9.17, 15) is 8.78 Å². The average Bonchev–Trinajstić information content (AvgIpc) is 1.63. The lowest BCUT2D eigenvalue weighted by molar-refractivity contribution is -0.134. The summed E-state index contributed by atoms with van der Waals surface area (Å²) in [6.07, 6.45) is -7.43. The molecule has 0 aromatic heterocycles. The summed E-state index contributed by atoms with van der Waals surface area (Å²) in [7, 11) is 0. The molecule has 0 aliphatic heterocycles. The Morgan fingerprint density at radius 3 is 1.67 bits per heavy atom. The van der Waals surface area contributed by atoms with E-state index in [1.54, 1.807) is 0 Å². The van der Waals surface area contributed by atoms with E-state index in [4.69, 9.17) is 15.3 Å². The van der Waals surface area contributed by atoms with Crippen LogP contribution in [0.25, 0.3) is 0 Å². The van der Waals surface area contributed by atoms with E-state index < -0.39 is 25.2 Å². The van der Waals surface area contributed by atoms with Crippen LogP contribution < -0.4 is 0 Å². The van der Waals surface area contributed by atoms with Crippen LogP contribution in [-0.4, -0.2) is 34.1 Å². The van der Waals surface area contributed by atoms with E-state index >= 15 is 0 Å². The van der Waals surface area contributed by atoms with Gasteiger partial charge in [-0.15, -0.1) is 0 Å². The first-order valence-electron chi connectivity index (χ1n) is 2.36. The fraction of sp³-hybridized carbons (Fsp3) is 1.00. The summed E-state index contributed by atoms with van der Waals surface area (Å²) >= 11 is 0. The van der Waals surface area contributed by atoms with Crippen molar-refractivity contribution in [1.82, 2.24) is 0 Å². The van der Waals surface area contributed by atoms with Gasteiger partial charge in [0.15, 0.2) is 6.29 Å². The molecule has 9 heavy (non-hydrogen) atoms. The number of aliphatic hydroxyl groups excluding tert-OH is 2. The van der Waals surface area contributed by atoms with Gasteiger partial charge in [-0.25, -0.2) is 8.78 Å². The summed E-state index contributed by atoms with van der Waals surface area (Å²) in [4.78, 5) is 0. The van der Waals surface area contributed by atoms with Gasteiger partial charge < -0.3 is 15.3 Å². The summed E-state index contributed by atoms with van der Waals surface area (Å²) in [6, 6.07) is 0. The minimum atomic E-state index is -2.71. The first-order chi connectivity index (χ1) is 4.04. The largest absolute Gasteiger partial charge is 0.388 e. The highest BCUT2D eigenvalue weighted by Gasteiger charge is 2.17. The van der Waals surface area contributed by atoms with Gasteiger partial charge in [-0.3, -0.25) is 0 Å². The molecule has 0 aromatic carbocycles. The lowest BCUT2D eigenvalue weighted by atomic mass is 10.2. The van der Waals surface area contributed by atoms with Crippen LogP contribution in [0.2, 0.25) is 0 Å². The predicted octanol–water partition coefficient (Wildman–Crippen LogP) is -0.687. The number of alkyl halides is 2. The van der Waals surface area contributed by atoms with Gasteiger partial charge in [0.05, 0.1) is 0 Å². The Balaban J connectivity index is 3.38. The standard InChI is InChI=1S/C4H8F2O3/c5-3(6)1-2(7)4(8)9/h2-4,7-9H,1H2/t2-/m0/s1. The molecule has 0 saturated heterocycles. The molecule has 5 heteroatoms. The Bertz CT molecular complexity index is 76.2. The van der Waals surface area contributed by atoms with E-state index in [2.05, 4.69) is 0 Å². The first-order valence-corrected chi connectivity index (χ1v) is 2.36. The SMILES string of the molecule is OC(O)[C@@H](O)CC(F)F. The fourth-order valence-corrected chi connectivity index (χ4v) is 0.304. The maximum atomic E-state index is 11.3. The molecule has 0 spiro atoms. The van der Waals surface area contributed by atoms with Crippen LogP contribution >= 0.6 is 0 Å². The minimum Gasteiger partial charge on any atom is -0.388 e. The monoisotopic (exact) mass is 142 g/mol. The van der Waals surface area contributed by atoms with Crippen LogP contribution in [0.4, 0.5) is 8.78 Å². The summed E-state index contributed by atoms with van der Waals surface area (Å²) in [5.41, 5.74) is 0. The number of aliphatic hydroxyl groups is 3. The van der Waals surface area contributed by atoms with Gasteiger partial charge in [-0.05, 0) is 0 Å². The molecule has 0 bridgehead atoms. The van der Waals surface area contributed by atoms with E-state index in [-0.39, 0.29) is 0 Å². The lowest BCUT2D eigenvalue weighted by Crippen LogP contribution is -2.27. The molecule has 0 saturated carbocycles. The first kappa shape index (κ1) is 8.74. The fourth-order valence-electron chi connectivity index (χ4n) is 0.304. The van der Waals surface area contributed by atoms with Crippen LogP contribution in [0, 0.1) is 0 Å². The number of rotatable bonds is 3. The quantitative estimate of drug-likeness (QED) is 0.457. The molecule has 0 unspecified atom stereocenters. The van der Waals surface area contributed by atoms with Crippen LogP contribution in [0.3, 0.4) is 0 Å². The van der Waals surface area contributed by atoms with Gasteiger partial charge in [0.1, 0.15) is 6.10 Å². The van der Waals surface area contributed by atoms with Gasteiger partial charge in [0, 0.05) is 6.42 Å². The Morgan fingerprint density at radius 2 is 1.56 bits per heavy atom. The van der Waals surface area contributed by atoms with Crippen molar-refractivity contribution in [2.45, 2.75) is 25.2 Å². The zero-order chi connectivity index (χ0) is 7.44. The molecule has 0 rings (SSSR count). The zero-order valence-corrected chi connectivity index (χ0v) is 4.54. The maximum Gasteiger partial charge on any atom is 0.241 e. The molecule has 0 heterocycles. The molecular weight excluding hydrogens is 134 g/mol. The topological polar surface area (TPSA) is 60.7 Å². The van der Waals surface area contributed by atoms with Gasteiger partial charge in [0.25, 0.3) is 0 Å². The third-order valence-electron chi connectivity index (χ3n) is 0.764. The van der Waals surface area contributed by atoms with Crippen LogP contribution in [0.1, 0.15) is 6.42 Å². The molecule has 0 fully saturated rings. The number of hydrogen-bond acceptors (Lipinski definition) is 3. The summed E-state index contributed by atoms with van der Waals surface area (Å²) in [5.74, 6) is 0. The second-order valence-corrected chi connectivity index (χ2v) is 1.61. The Labute approximate surface area is 50.5 Å². The van der Waals surface area contributed by atoms with E-state index in [0.717, 1.165) is 0 Å². The smallest absolute Gasteiger partial charge is 0.241 e. The van der Waals surface area contributed by atoms with E-state index in [0.29, 0.717) is 0 Å². The van der Waals surface area contributed by atoms with Crippen LogP contribution in [0.5, 0.6) is 0 Å². The molecule has 1 atom stereocenters. The van der Waals surface area contributed by atoms with Crippen molar-refractivity contribution in [2.24, 2.45) is 0 Å². The van der Waals surface area contributed by atoms with Crippen LogP contribution in [-0.2, 0) is 0 Å². The van der Waals surface area contributed by atoms with Gasteiger partial charge >= 0.3 is 0 Å². The number of hydrogen-bond donors (Lipinski definition) is 3. The van der Waals surface area contributed by atoms with Crippen LogP contribution in [0.15, 0.2) is 0 Å². The van der Waals surface area contributed by atoms with Gasteiger partial charge in [0.2, 0.25) is 6.43 Å². The minimum absolute atomic E-state index is 0.905. The summed E-state index contributed by atoms with van der Waals surface area (Å²) in [5, 5.41) is 24.4. The molecule has 56 valence electrons. The van der Waals surface area contributed by atoms with Crippen molar-refractivity contribution < 1.29 is 24.1 Å². The van der Waals surface area contributed by atoms with Crippen molar-refractivity contribution in [1.29, 1.82) is 0 Å². The lowest BCUT2D eigenvalue weighted by Gasteiger charge is -2.10. The van der Waals surface area contributed by atoms with Gasteiger partial charge in [-0.2, -0.15) is 0 Å². The number of halogens is 2. The predicted molar refractivity (Wildman–Crippen MR) is 24.9 cm³/mol. The molecule has 0 aromatic rings. The zero-order valence-electron chi connectivity index (χ0n) is 4.54.